The zero-order chi connectivity index (χ0) is 10.9. The molecule has 2 rings (SSSR count). The summed E-state index contributed by atoms with van der Waals surface area (Å²) in [5.74, 6) is 0. The molecule has 0 aliphatic carbocycles. The minimum atomic E-state index is -4.60. The van der Waals surface area contributed by atoms with E-state index >= 15 is 0 Å². The predicted molar refractivity (Wildman–Crippen MR) is 54.1 cm³/mol. The van der Waals surface area contributed by atoms with Crippen LogP contribution >= 0.6 is 0 Å². The van der Waals surface area contributed by atoms with Crippen molar-refractivity contribution in [1.82, 2.24) is 4.57 Å². The van der Waals surface area contributed by atoms with Crippen LogP contribution in [0.5, 0.6) is 0 Å². The maximum atomic E-state index is 12.6. The van der Waals surface area contributed by atoms with Crippen molar-refractivity contribution in [1.29, 1.82) is 0 Å². The molecule has 3 nitrogen and oxygen atoms in total. The third-order valence-corrected chi connectivity index (χ3v) is 2.86. The van der Waals surface area contributed by atoms with Crippen molar-refractivity contribution in [2.75, 3.05) is 0 Å². The molecule has 15 heavy (non-hydrogen) atoms. The van der Waals surface area contributed by atoms with Crippen LogP contribution in [0, 0.1) is 0 Å². The van der Waals surface area contributed by atoms with Crippen molar-refractivity contribution >= 4 is 10.2 Å². The summed E-state index contributed by atoms with van der Waals surface area (Å²) in [4.78, 5) is -0.321. The number of hydrogen-bond acceptors (Lipinski definition) is 2. The maximum absolute atomic E-state index is 12.6. The first-order chi connectivity index (χ1) is 7.07. The Labute approximate surface area is 87.0 Å². The van der Waals surface area contributed by atoms with Crippen LogP contribution in [0.1, 0.15) is 0 Å². The molecule has 0 N–H and O–H groups in total. The molecule has 0 aliphatic rings. The van der Waals surface area contributed by atoms with Crippen molar-refractivity contribution in [3.8, 4) is 5.69 Å². The van der Waals surface area contributed by atoms with Crippen LogP contribution in [0.3, 0.4) is 0 Å². The van der Waals surface area contributed by atoms with Crippen LogP contribution in [0.25, 0.3) is 5.69 Å². The highest BCUT2D eigenvalue weighted by atomic mass is 32.3. The van der Waals surface area contributed by atoms with E-state index in [-0.39, 0.29) is 4.90 Å². The Bertz CT molecular complexity index is 544. The highest BCUT2D eigenvalue weighted by molar-refractivity contribution is 7.86. The molecular weight excluding hydrogens is 217 g/mol. The Hall–Kier alpha value is -1.62. The number of nitrogens with zero attached hydrogens (tertiary/aromatic N) is 1. The van der Waals surface area contributed by atoms with Crippen LogP contribution in [-0.4, -0.2) is 13.0 Å². The quantitative estimate of drug-likeness (QED) is 0.734. The highest BCUT2D eigenvalue weighted by Gasteiger charge is 2.10. The van der Waals surface area contributed by atoms with Gasteiger partial charge in [-0.25, -0.2) is 0 Å². The Balaban J connectivity index is 2.42. The molecule has 0 unspecified atom stereocenters. The van der Waals surface area contributed by atoms with E-state index in [4.69, 9.17) is 0 Å². The zero-order valence-electron chi connectivity index (χ0n) is 7.67. The first-order valence-corrected chi connectivity index (χ1v) is 5.64. The van der Waals surface area contributed by atoms with E-state index in [1.807, 2.05) is 24.5 Å². The first kappa shape index (κ1) is 9.92. The fraction of sp³-hybridized carbons (Fsp3) is 0. The molecule has 1 aromatic carbocycles. The molecule has 0 saturated heterocycles. The minimum absolute atomic E-state index is 0.321. The van der Waals surface area contributed by atoms with Gasteiger partial charge in [-0.2, -0.15) is 8.42 Å². The van der Waals surface area contributed by atoms with Crippen LogP contribution in [-0.2, 0) is 10.2 Å². The Morgan fingerprint density at radius 1 is 1.00 bits per heavy atom. The molecule has 0 radical (unpaired) electrons. The number of halogens is 1. The molecule has 0 bridgehead atoms. The second-order valence-corrected chi connectivity index (χ2v) is 4.37. The molecule has 78 valence electrons. The summed E-state index contributed by atoms with van der Waals surface area (Å²) in [6, 6.07) is 9.27. The predicted octanol–water partition coefficient (Wildman–Crippen LogP) is 2.14. The fourth-order valence-corrected chi connectivity index (χ4v) is 1.75. The van der Waals surface area contributed by atoms with Gasteiger partial charge in [0.25, 0.3) is 0 Å². The number of hydrogen-bond donors (Lipinski definition) is 0. The maximum Gasteiger partial charge on any atom is 0.332 e. The third-order valence-electron chi connectivity index (χ3n) is 2.02. The van der Waals surface area contributed by atoms with Gasteiger partial charge in [-0.15, -0.1) is 3.89 Å². The van der Waals surface area contributed by atoms with Gasteiger partial charge >= 0.3 is 10.2 Å². The monoisotopic (exact) mass is 225 g/mol. The normalized spacial score (nSPS) is 11.5. The van der Waals surface area contributed by atoms with Gasteiger partial charge in [0.05, 0.1) is 4.90 Å². The molecule has 0 aliphatic heterocycles. The average molecular weight is 225 g/mol. The van der Waals surface area contributed by atoms with Crippen LogP contribution in [0.15, 0.2) is 53.7 Å². The Morgan fingerprint density at radius 3 is 2.00 bits per heavy atom. The molecular formula is C10H8FNO2S. The molecule has 0 fully saturated rings. The molecule has 0 amide bonds. The first-order valence-electron chi connectivity index (χ1n) is 4.25. The topological polar surface area (TPSA) is 39.1 Å². The summed E-state index contributed by atoms with van der Waals surface area (Å²) < 4.78 is 35.5. The lowest BCUT2D eigenvalue weighted by molar-refractivity contribution is 0.552. The largest absolute Gasteiger partial charge is 0.332 e. The highest BCUT2D eigenvalue weighted by Crippen LogP contribution is 2.15. The second-order valence-electron chi connectivity index (χ2n) is 3.02. The smallest absolute Gasteiger partial charge is 0.324 e. The lowest BCUT2D eigenvalue weighted by Crippen LogP contribution is -1.94. The van der Waals surface area contributed by atoms with E-state index in [0.29, 0.717) is 0 Å². The zero-order valence-corrected chi connectivity index (χ0v) is 8.49. The molecule has 2 aromatic rings. The van der Waals surface area contributed by atoms with Gasteiger partial charge in [-0.05, 0) is 36.4 Å². The SMILES string of the molecule is O=S(=O)(F)c1ccc(-n2cccc2)cc1. The lowest BCUT2D eigenvalue weighted by atomic mass is 10.3. The molecule has 5 heteroatoms. The fourth-order valence-electron chi connectivity index (χ4n) is 1.29. The van der Waals surface area contributed by atoms with Gasteiger partial charge < -0.3 is 4.57 Å². The van der Waals surface area contributed by atoms with Crippen molar-refractivity contribution < 1.29 is 12.3 Å². The number of rotatable bonds is 2. The Morgan fingerprint density at radius 2 is 1.53 bits per heavy atom. The molecule has 0 atom stereocenters. The van der Waals surface area contributed by atoms with Crippen molar-refractivity contribution in [3.05, 3.63) is 48.8 Å². The van der Waals surface area contributed by atoms with Gasteiger partial charge in [0.1, 0.15) is 0 Å². The van der Waals surface area contributed by atoms with E-state index < -0.39 is 10.2 Å². The standard InChI is InChI=1S/C10H8FNO2S/c11-15(13,14)10-5-3-9(4-6-10)12-7-1-2-8-12/h1-8H. The third kappa shape index (κ3) is 2.07. The van der Waals surface area contributed by atoms with Gasteiger partial charge in [-0.3, -0.25) is 0 Å². The van der Waals surface area contributed by atoms with Gasteiger partial charge in [0.2, 0.25) is 0 Å². The van der Waals surface area contributed by atoms with E-state index in [1.165, 1.54) is 12.1 Å². The summed E-state index contributed by atoms with van der Waals surface area (Å²) in [5, 5.41) is 0. The number of benzene rings is 1. The molecule has 0 spiro atoms. The molecule has 1 heterocycles. The van der Waals surface area contributed by atoms with Crippen LogP contribution in [0.2, 0.25) is 0 Å². The Kier molecular flexibility index (Phi) is 2.32. The molecule has 1 aromatic heterocycles. The summed E-state index contributed by atoms with van der Waals surface area (Å²) >= 11 is 0. The molecule has 0 saturated carbocycles. The minimum Gasteiger partial charge on any atom is -0.324 e. The summed E-state index contributed by atoms with van der Waals surface area (Å²) in [6.07, 6.45) is 3.64. The van der Waals surface area contributed by atoms with Gasteiger partial charge in [-0.1, -0.05) is 0 Å². The van der Waals surface area contributed by atoms with E-state index in [1.54, 1.807) is 16.7 Å². The summed E-state index contributed by atoms with van der Waals surface area (Å²) in [7, 11) is -4.60. The van der Waals surface area contributed by atoms with Gasteiger partial charge in [0.15, 0.2) is 0 Å². The van der Waals surface area contributed by atoms with Gasteiger partial charge in [0, 0.05) is 18.1 Å². The van der Waals surface area contributed by atoms with Crippen LogP contribution in [0.4, 0.5) is 3.89 Å². The number of aromatic nitrogens is 1. The van der Waals surface area contributed by atoms with Crippen molar-refractivity contribution in [2.24, 2.45) is 0 Å². The van der Waals surface area contributed by atoms with Crippen molar-refractivity contribution in [2.45, 2.75) is 4.90 Å². The second kappa shape index (κ2) is 3.51. The van der Waals surface area contributed by atoms with Crippen molar-refractivity contribution in [3.63, 3.8) is 0 Å². The summed E-state index contributed by atoms with van der Waals surface area (Å²) in [6.45, 7) is 0. The van der Waals surface area contributed by atoms with E-state index in [2.05, 4.69) is 0 Å². The van der Waals surface area contributed by atoms with E-state index in [0.717, 1.165) is 5.69 Å². The average Bonchev–Trinajstić information content (AvgIpc) is 2.69. The van der Waals surface area contributed by atoms with Crippen LogP contribution < -0.4 is 0 Å². The summed E-state index contributed by atoms with van der Waals surface area (Å²) in [5.41, 5.74) is 0.785. The van der Waals surface area contributed by atoms with E-state index in [9.17, 15) is 12.3 Å². The lowest BCUT2D eigenvalue weighted by Gasteiger charge is -2.02.